The van der Waals surface area contributed by atoms with Crippen molar-refractivity contribution >= 4 is 23.4 Å². The molecule has 1 saturated heterocycles. The lowest BCUT2D eigenvalue weighted by Crippen LogP contribution is -2.33. The zero-order valence-corrected chi connectivity index (χ0v) is 11.4. The molecule has 5 heteroatoms. The fourth-order valence-electron chi connectivity index (χ4n) is 2.15. The van der Waals surface area contributed by atoms with Crippen LogP contribution in [0, 0.1) is 0 Å². The maximum Gasteiger partial charge on any atom is 0.238 e. The lowest BCUT2D eigenvalue weighted by atomic mass is 10.3. The Kier molecular flexibility index (Phi) is 4.63. The number of hydrogen-bond donors (Lipinski definition) is 2. The van der Waals surface area contributed by atoms with E-state index in [1.54, 1.807) is 11.8 Å². The van der Waals surface area contributed by atoms with E-state index in [0.717, 1.165) is 30.1 Å². The van der Waals surface area contributed by atoms with Gasteiger partial charge in [0.15, 0.2) is 0 Å². The zero-order chi connectivity index (χ0) is 13.0. The van der Waals surface area contributed by atoms with Gasteiger partial charge in [-0.25, -0.2) is 0 Å². The standard InChI is InChI=1S/C13H19N3OS/c1-18-12-5-3-2-4-11(12)15-13(17)9-16-7-6-10(14)8-16/h2-5,10H,6-9,14H2,1H3,(H,15,17)/t10-/m0/s1. The molecule has 2 rings (SSSR count). The van der Waals surface area contributed by atoms with Crippen molar-refractivity contribution in [3.05, 3.63) is 24.3 Å². The van der Waals surface area contributed by atoms with Gasteiger partial charge < -0.3 is 11.1 Å². The van der Waals surface area contributed by atoms with E-state index in [0.29, 0.717) is 6.54 Å². The van der Waals surface area contributed by atoms with Crippen LogP contribution in [0.1, 0.15) is 6.42 Å². The second kappa shape index (κ2) is 6.22. The third kappa shape index (κ3) is 3.48. The lowest BCUT2D eigenvalue weighted by Gasteiger charge is -2.15. The summed E-state index contributed by atoms with van der Waals surface area (Å²) in [6, 6.07) is 8.06. The number of benzene rings is 1. The quantitative estimate of drug-likeness (QED) is 0.808. The molecule has 0 radical (unpaired) electrons. The molecule has 1 atom stereocenters. The van der Waals surface area contributed by atoms with Crippen molar-refractivity contribution in [3.8, 4) is 0 Å². The van der Waals surface area contributed by atoms with Crippen LogP contribution in [0.25, 0.3) is 0 Å². The largest absolute Gasteiger partial charge is 0.326 e. The molecule has 1 heterocycles. The Morgan fingerprint density at radius 1 is 1.56 bits per heavy atom. The van der Waals surface area contributed by atoms with E-state index in [2.05, 4.69) is 10.2 Å². The fraction of sp³-hybridized carbons (Fsp3) is 0.462. The summed E-state index contributed by atoms with van der Waals surface area (Å²) in [7, 11) is 0. The first kappa shape index (κ1) is 13.4. The SMILES string of the molecule is CSc1ccccc1NC(=O)CN1CC[C@H](N)C1. The minimum absolute atomic E-state index is 0.0330. The average molecular weight is 265 g/mol. The van der Waals surface area contributed by atoms with Crippen LogP contribution in [0.5, 0.6) is 0 Å². The van der Waals surface area contributed by atoms with Crippen LogP contribution in [0.4, 0.5) is 5.69 Å². The number of likely N-dealkylation sites (tertiary alicyclic amines) is 1. The summed E-state index contributed by atoms with van der Waals surface area (Å²) in [5.41, 5.74) is 6.71. The lowest BCUT2D eigenvalue weighted by molar-refractivity contribution is -0.117. The predicted molar refractivity (Wildman–Crippen MR) is 75.9 cm³/mol. The summed E-state index contributed by atoms with van der Waals surface area (Å²) in [5.74, 6) is 0.0330. The van der Waals surface area contributed by atoms with Crippen molar-refractivity contribution in [1.29, 1.82) is 0 Å². The summed E-state index contributed by atoms with van der Waals surface area (Å²) in [6.45, 7) is 2.16. The summed E-state index contributed by atoms with van der Waals surface area (Å²) in [4.78, 5) is 15.1. The molecule has 0 spiro atoms. The normalized spacial score (nSPS) is 20.0. The molecular weight excluding hydrogens is 246 g/mol. The number of anilines is 1. The highest BCUT2D eigenvalue weighted by molar-refractivity contribution is 7.98. The molecule has 1 aromatic rings. The Bertz CT molecular complexity index is 424. The number of nitrogens with two attached hydrogens (primary N) is 1. The van der Waals surface area contributed by atoms with Crippen LogP contribution in [0.15, 0.2) is 29.2 Å². The highest BCUT2D eigenvalue weighted by Gasteiger charge is 2.21. The van der Waals surface area contributed by atoms with Crippen molar-refractivity contribution < 1.29 is 4.79 Å². The summed E-state index contributed by atoms with van der Waals surface area (Å²) >= 11 is 1.63. The molecular formula is C13H19N3OS. The van der Waals surface area contributed by atoms with Gasteiger partial charge in [-0.2, -0.15) is 0 Å². The summed E-state index contributed by atoms with van der Waals surface area (Å²) in [6.07, 6.45) is 2.99. The van der Waals surface area contributed by atoms with Gasteiger partial charge in [0, 0.05) is 24.0 Å². The highest BCUT2D eigenvalue weighted by atomic mass is 32.2. The van der Waals surface area contributed by atoms with Crippen LogP contribution in [-0.2, 0) is 4.79 Å². The Balaban J connectivity index is 1.91. The number of nitrogens with zero attached hydrogens (tertiary/aromatic N) is 1. The fourth-order valence-corrected chi connectivity index (χ4v) is 2.70. The van der Waals surface area contributed by atoms with Gasteiger partial charge in [-0.15, -0.1) is 11.8 Å². The minimum Gasteiger partial charge on any atom is -0.326 e. The maximum absolute atomic E-state index is 11.9. The maximum atomic E-state index is 11.9. The summed E-state index contributed by atoms with van der Waals surface area (Å²) in [5, 5.41) is 2.96. The van der Waals surface area contributed by atoms with Crippen LogP contribution in [0.2, 0.25) is 0 Å². The number of hydrogen-bond acceptors (Lipinski definition) is 4. The van der Waals surface area contributed by atoms with E-state index in [-0.39, 0.29) is 11.9 Å². The van der Waals surface area contributed by atoms with E-state index in [4.69, 9.17) is 5.73 Å². The predicted octanol–water partition coefficient (Wildman–Crippen LogP) is 1.38. The molecule has 0 unspecified atom stereocenters. The topological polar surface area (TPSA) is 58.4 Å². The molecule has 3 N–H and O–H groups in total. The Hall–Kier alpha value is -1.04. The van der Waals surface area contributed by atoms with Crippen molar-refractivity contribution in [2.24, 2.45) is 5.73 Å². The summed E-state index contributed by atoms with van der Waals surface area (Å²) < 4.78 is 0. The molecule has 0 saturated carbocycles. The Labute approximate surface area is 112 Å². The number of carbonyl (C=O) groups excluding carboxylic acids is 1. The van der Waals surface area contributed by atoms with E-state index in [1.165, 1.54) is 0 Å². The third-order valence-electron chi connectivity index (χ3n) is 3.06. The third-order valence-corrected chi connectivity index (χ3v) is 3.85. The first-order valence-corrected chi connectivity index (χ1v) is 7.32. The molecule has 0 bridgehead atoms. The second-order valence-electron chi connectivity index (χ2n) is 4.53. The Morgan fingerprint density at radius 3 is 3.00 bits per heavy atom. The number of thioether (sulfide) groups is 1. The second-order valence-corrected chi connectivity index (χ2v) is 5.38. The van der Waals surface area contributed by atoms with E-state index in [9.17, 15) is 4.79 Å². The van der Waals surface area contributed by atoms with E-state index in [1.807, 2.05) is 30.5 Å². The van der Waals surface area contributed by atoms with Gasteiger partial charge in [-0.3, -0.25) is 9.69 Å². The van der Waals surface area contributed by atoms with Crippen LogP contribution in [0.3, 0.4) is 0 Å². The van der Waals surface area contributed by atoms with E-state index < -0.39 is 0 Å². The Morgan fingerprint density at radius 2 is 2.33 bits per heavy atom. The van der Waals surface area contributed by atoms with Crippen LogP contribution >= 0.6 is 11.8 Å². The van der Waals surface area contributed by atoms with Crippen LogP contribution < -0.4 is 11.1 Å². The molecule has 98 valence electrons. The smallest absolute Gasteiger partial charge is 0.238 e. The number of amides is 1. The van der Waals surface area contributed by atoms with Gasteiger partial charge in [-0.1, -0.05) is 12.1 Å². The average Bonchev–Trinajstić information content (AvgIpc) is 2.75. The number of nitrogens with one attached hydrogen (secondary N) is 1. The molecule has 1 aliphatic rings. The first-order valence-electron chi connectivity index (χ1n) is 6.10. The number of para-hydroxylation sites is 1. The van der Waals surface area contributed by atoms with Gasteiger partial charge in [0.05, 0.1) is 12.2 Å². The molecule has 1 amide bonds. The molecule has 4 nitrogen and oxygen atoms in total. The molecule has 1 fully saturated rings. The highest BCUT2D eigenvalue weighted by Crippen LogP contribution is 2.24. The molecule has 1 aliphatic heterocycles. The van der Waals surface area contributed by atoms with Gasteiger partial charge >= 0.3 is 0 Å². The van der Waals surface area contributed by atoms with Crippen LogP contribution in [-0.4, -0.2) is 42.7 Å². The van der Waals surface area contributed by atoms with Crippen molar-refractivity contribution in [1.82, 2.24) is 4.90 Å². The number of carbonyl (C=O) groups is 1. The number of rotatable bonds is 4. The molecule has 0 aromatic heterocycles. The molecule has 18 heavy (non-hydrogen) atoms. The first-order chi connectivity index (χ1) is 8.69. The minimum atomic E-state index is 0.0330. The van der Waals surface area contributed by atoms with Gasteiger partial charge in [-0.05, 0) is 24.8 Å². The zero-order valence-electron chi connectivity index (χ0n) is 10.6. The monoisotopic (exact) mass is 265 g/mol. The van der Waals surface area contributed by atoms with Gasteiger partial charge in [0.2, 0.25) is 5.91 Å². The molecule has 0 aliphatic carbocycles. The van der Waals surface area contributed by atoms with Gasteiger partial charge in [0.25, 0.3) is 0 Å². The van der Waals surface area contributed by atoms with Crippen molar-refractivity contribution in [2.75, 3.05) is 31.2 Å². The van der Waals surface area contributed by atoms with Crippen molar-refractivity contribution in [3.63, 3.8) is 0 Å². The van der Waals surface area contributed by atoms with Crippen molar-refractivity contribution in [2.45, 2.75) is 17.4 Å². The van der Waals surface area contributed by atoms with Gasteiger partial charge in [0.1, 0.15) is 0 Å². The van der Waals surface area contributed by atoms with E-state index >= 15 is 0 Å². The molecule has 1 aromatic carbocycles.